The highest BCUT2D eigenvalue weighted by atomic mass is 32.2. The molecule has 1 N–H and O–H groups in total. The molecule has 124 valence electrons. The lowest BCUT2D eigenvalue weighted by Gasteiger charge is -2.16. The van der Waals surface area contributed by atoms with Crippen molar-refractivity contribution in [3.05, 3.63) is 63.7 Å². The predicted octanol–water partition coefficient (Wildman–Crippen LogP) is 3.68. The molecule has 0 bridgehead atoms. The van der Waals surface area contributed by atoms with Crippen molar-refractivity contribution in [1.82, 2.24) is 4.72 Å². The summed E-state index contributed by atoms with van der Waals surface area (Å²) in [6.07, 6.45) is 0. The Labute approximate surface area is 135 Å². The first kappa shape index (κ1) is 17.6. The summed E-state index contributed by atoms with van der Waals surface area (Å²) in [4.78, 5) is 0.248. The van der Waals surface area contributed by atoms with Gasteiger partial charge < -0.3 is 0 Å². The van der Waals surface area contributed by atoms with Crippen LogP contribution < -0.4 is 4.72 Å². The van der Waals surface area contributed by atoms with Gasteiger partial charge in [-0.25, -0.2) is 21.9 Å². The highest BCUT2D eigenvalue weighted by Gasteiger charge is 2.21. The second kappa shape index (κ2) is 6.37. The average molecular weight is 339 g/mol. The zero-order valence-electron chi connectivity index (χ0n) is 13.5. The lowest BCUT2D eigenvalue weighted by Crippen LogP contribution is -2.25. The summed E-state index contributed by atoms with van der Waals surface area (Å²) >= 11 is 0. The molecule has 0 radical (unpaired) electrons. The summed E-state index contributed by atoms with van der Waals surface area (Å²) in [6, 6.07) is 5.26. The van der Waals surface area contributed by atoms with Gasteiger partial charge in [-0.1, -0.05) is 12.1 Å². The minimum absolute atomic E-state index is 0.106. The number of nitrogens with one attached hydrogen (secondary N) is 1. The molecule has 0 aromatic heterocycles. The SMILES string of the molecule is Cc1cc(C)c(C)c(S(=O)(=O)NCc2ccc(F)c(F)c2)c1C. The largest absolute Gasteiger partial charge is 0.241 e. The van der Waals surface area contributed by atoms with Crippen LogP contribution in [0.3, 0.4) is 0 Å². The topological polar surface area (TPSA) is 46.2 Å². The first-order valence-corrected chi connectivity index (χ1v) is 8.63. The van der Waals surface area contributed by atoms with Crippen LogP contribution in [-0.4, -0.2) is 8.42 Å². The summed E-state index contributed by atoms with van der Waals surface area (Å²) < 4.78 is 53.8. The van der Waals surface area contributed by atoms with Crippen molar-refractivity contribution in [3.8, 4) is 0 Å². The molecule has 0 heterocycles. The Morgan fingerprint density at radius 1 is 0.913 bits per heavy atom. The van der Waals surface area contributed by atoms with Gasteiger partial charge in [0, 0.05) is 6.54 Å². The number of benzene rings is 2. The fourth-order valence-electron chi connectivity index (χ4n) is 2.48. The third-order valence-electron chi connectivity index (χ3n) is 4.02. The summed E-state index contributed by atoms with van der Waals surface area (Å²) in [5.41, 5.74) is 3.51. The van der Waals surface area contributed by atoms with Gasteiger partial charge in [0.25, 0.3) is 0 Å². The van der Waals surface area contributed by atoms with Crippen molar-refractivity contribution in [2.24, 2.45) is 0 Å². The van der Waals surface area contributed by atoms with Gasteiger partial charge in [-0.05, 0) is 67.6 Å². The van der Waals surface area contributed by atoms with E-state index in [2.05, 4.69) is 4.72 Å². The van der Waals surface area contributed by atoms with Gasteiger partial charge in [-0.2, -0.15) is 0 Å². The van der Waals surface area contributed by atoms with Crippen LogP contribution in [0.2, 0.25) is 0 Å². The normalized spacial score (nSPS) is 11.7. The van der Waals surface area contributed by atoms with E-state index in [-0.39, 0.29) is 11.4 Å². The fraction of sp³-hybridized carbons (Fsp3) is 0.294. The van der Waals surface area contributed by atoms with Crippen molar-refractivity contribution in [2.75, 3.05) is 0 Å². The van der Waals surface area contributed by atoms with Gasteiger partial charge in [0.15, 0.2) is 11.6 Å². The zero-order valence-corrected chi connectivity index (χ0v) is 14.3. The molecule has 2 rings (SSSR count). The molecule has 0 aliphatic carbocycles. The highest BCUT2D eigenvalue weighted by molar-refractivity contribution is 7.89. The third-order valence-corrected chi connectivity index (χ3v) is 5.69. The van der Waals surface area contributed by atoms with Crippen molar-refractivity contribution in [2.45, 2.75) is 39.1 Å². The molecule has 0 fully saturated rings. The van der Waals surface area contributed by atoms with E-state index >= 15 is 0 Å². The minimum Gasteiger partial charge on any atom is -0.207 e. The maximum atomic E-state index is 13.2. The van der Waals surface area contributed by atoms with E-state index in [1.165, 1.54) is 6.07 Å². The Morgan fingerprint density at radius 2 is 1.48 bits per heavy atom. The maximum absolute atomic E-state index is 13.2. The van der Waals surface area contributed by atoms with E-state index in [1.54, 1.807) is 13.8 Å². The quantitative estimate of drug-likeness (QED) is 0.924. The lowest BCUT2D eigenvalue weighted by atomic mass is 10.0. The van der Waals surface area contributed by atoms with E-state index in [0.717, 1.165) is 23.3 Å². The Kier molecular flexibility index (Phi) is 4.87. The number of halogens is 2. The first-order chi connectivity index (χ1) is 10.6. The van der Waals surface area contributed by atoms with Crippen LogP contribution >= 0.6 is 0 Å². The molecule has 0 spiro atoms. The summed E-state index contributed by atoms with van der Waals surface area (Å²) in [5, 5.41) is 0. The molecule has 2 aromatic carbocycles. The Bertz CT molecular complexity index is 835. The molecule has 0 aliphatic rings. The molecular formula is C17H19F2NO2S. The van der Waals surface area contributed by atoms with E-state index in [1.807, 2.05) is 19.9 Å². The van der Waals surface area contributed by atoms with E-state index < -0.39 is 21.7 Å². The third kappa shape index (κ3) is 3.59. The molecule has 2 aromatic rings. The second-order valence-electron chi connectivity index (χ2n) is 5.66. The van der Waals surface area contributed by atoms with Gasteiger partial charge in [0.05, 0.1) is 4.90 Å². The van der Waals surface area contributed by atoms with Gasteiger partial charge in [-0.15, -0.1) is 0 Å². The van der Waals surface area contributed by atoms with Crippen LogP contribution in [0.15, 0.2) is 29.2 Å². The molecule has 0 atom stereocenters. The number of hydrogen-bond donors (Lipinski definition) is 1. The minimum atomic E-state index is -3.75. The Morgan fingerprint density at radius 3 is 2.00 bits per heavy atom. The molecule has 0 unspecified atom stereocenters. The average Bonchev–Trinajstić information content (AvgIpc) is 2.46. The molecule has 0 saturated carbocycles. The first-order valence-electron chi connectivity index (χ1n) is 7.14. The van der Waals surface area contributed by atoms with Crippen LogP contribution in [-0.2, 0) is 16.6 Å². The van der Waals surface area contributed by atoms with Gasteiger partial charge in [-0.3, -0.25) is 0 Å². The van der Waals surface area contributed by atoms with Crippen LogP contribution in [0.1, 0.15) is 27.8 Å². The van der Waals surface area contributed by atoms with E-state index in [0.29, 0.717) is 16.7 Å². The molecule has 3 nitrogen and oxygen atoms in total. The van der Waals surface area contributed by atoms with Gasteiger partial charge >= 0.3 is 0 Å². The second-order valence-corrected chi connectivity index (χ2v) is 7.37. The summed E-state index contributed by atoms with van der Waals surface area (Å²) in [7, 11) is -3.75. The number of sulfonamides is 1. The molecule has 0 amide bonds. The molecule has 0 aliphatic heterocycles. The van der Waals surface area contributed by atoms with Crippen molar-refractivity contribution >= 4 is 10.0 Å². The van der Waals surface area contributed by atoms with Gasteiger partial charge in [0.1, 0.15) is 0 Å². The standard InChI is InChI=1S/C17H19F2NO2S/c1-10-7-11(2)13(4)17(12(10)3)23(21,22)20-9-14-5-6-15(18)16(19)8-14/h5-8,20H,9H2,1-4H3. The monoisotopic (exact) mass is 339 g/mol. The Balaban J connectivity index is 2.35. The lowest BCUT2D eigenvalue weighted by molar-refractivity contribution is 0.506. The van der Waals surface area contributed by atoms with Crippen molar-refractivity contribution in [1.29, 1.82) is 0 Å². The number of rotatable bonds is 4. The maximum Gasteiger partial charge on any atom is 0.241 e. The van der Waals surface area contributed by atoms with E-state index in [9.17, 15) is 17.2 Å². The zero-order chi connectivity index (χ0) is 17.4. The smallest absolute Gasteiger partial charge is 0.207 e. The molecule has 6 heteroatoms. The number of aryl methyl sites for hydroxylation is 2. The van der Waals surface area contributed by atoms with Crippen LogP contribution in [0.4, 0.5) is 8.78 Å². The molecular weight excluding hydrogens is 320 g/mol. The van der Waals surface area contributed by atoms with Crippen molar-refractivity contribution < 1.29 is 17.2 Å². The Hall–Kier alpha value is -1.79. The predicted molar refractivity (Wildman–Crippen MR) is 85.8 cm³/mol. The van der Waals surface area contributed by atoms with E-state index in [4.69, 9.17) is 0 Å². The summed E-state index contributed by atoms with van der Waals surface area (Å²) in [5.74, 6) is -1.96. The van der Waals surface area contributed by atoms with Crippen LogP contribution in [0.5, 0.6) is 0 Å². The fourth-order valence-corrected chi connectivity index (χ4v) is 4.11. The van der Waals surface area contributed by atoms with Crippen LogP contribution in [0.25, 0.3) is 0 Å². The van der Waals surface area contributed by atoms with Gasteiger partial charge in [0.2, 0.25) is 10.0 Å². The van der Waals surface area contributed by atoms with Crippen LogP contribution in [0, 0.1) is 39.3 Å². The molecule has 23 heavy (non-hydrogen) atoms. The highest BCUT2D eigenvalue weighted by Crippen LogP contribution is 2.26. The van der Waals surface area contributed by atoms with Crippen molar-refractivity contribution in [3.63, 3.8) is 0 Å². The number of hydrogen-bond acceptors (Lipinski definition) is 2. The molecule has 0 saturated heterocycles. The summed E-state index contributed by atoms with van der Waals surface area (Å²) in [6.45, 7) is 7.12.